The zero-order valence-electron chi connectivity index (χ0n) is 14.5. The predicted octanol–water partition coefficient (Wildman–Crippen LogP) is 2.39. The summed E-state index contributed by atoms with van der Waals surface area (Å²) >= 11 is 0. The summed E-state index contributed by atoms with van der Waals surface area (Å²) in [5.41, 5.74) is 0.666. The number of nitrogens with one attached hydrogen (secondary N) is 1. The second kappa shape index (κ2) is 7.97. The lowest BCUT2D eigenvalue weighted by atomic mass is 10.1. The summed E-state index contributed by atoms with van der Waals surface area (Å²) < 4.78 is 18.4. The van der Waals surface area contributed by atoms with E-state index >= 15 is 0 Å². The van der Waals surface area contributed by atoms with E-state index in [0.717, 1.165) is 0 Å². The summed E-state index contributed by atoms with van der Waals surface area (Å²) in [6, 6.07) is 8.63. The second-order valence-electron chi connectivity index (χ2n) is 6.09. The molecule has 27 heavy (non-hydrogen) atoms. The first kappa shape index (κ1) is 18.5. The Labute approximate surface area is 154 Å². The van der Waals surface area contributed by atoms with Crippen LogP contribution in [0.5, 0.6) is 5.88 Å². The smallest absolute Gasteiger partial charge is 0.388 e. The number of benzene rings is 1. The normalized spacial score (nSPS) is 18.6. The summed E-state index contributed by atoms with van der Waals surface area (Å²) in [6.45, 7) is 0. The lowest BCUT2D eigenvalue weighted by Gasteiger charge is -2.17. The third kappa shape index (κ3) is 3.96. The average molecular weight is 372 g/mol. The maximum absolute atomic E-state index is 12.6. The molecule has 1 aromatic heterocycles. The van der Waals surface area contributed by atoms with Crippen molar-refractivity contribution in [2.24, 2.45) is 0 Å². The van der Waals surface area contributed by atoms with Crippen LogP contribution in [0.2, 0.25) is 0 Å². The number of halogens is 1. The minimum Gasteiger partial charge on any atom is -0.473 e. The van der Waals surface area contributed by atoms with Gasteiger partial charge in [-0.05, 0) is 25.0 Å². The summed E-state index contributed by atoms with van der Waals surface area (Å²) in [5.74, 6) is -1.21. The molecule has 0 aliphatic heterocycles. The molecule has 0 saturated heterocycles. The number of nitrogens with zero attached hydrogens (tertiary/aromatic N) is 3. The number of ether oxygens (including phenoxy) is 1. The number of carbonyl (C=O) groups excluding carboxylic acids is 1. The molecule has 1 saturated carbocycles. The van der Waals surface area contributed by atoms with Crippen LogP contribution in [-0.2, 0) is 4.94 Å². The summed E-state index contributed by atoms with van der Waals surface area (Å²) in [5, 5.41) is 21.5. The number of carbonyl (C=O) groups is 1. The molecular weight excluding hydrogens is 355 g/mol. The number of aromatic nitrogens is 2. The van der Waals surface area contributed by atoms with Gasteiger partial charge in [0.25, 0.3) is 0 Å². The fourth-order valence-electron chi connectivity index (χ4n) is 2.97. The van der Waals surface area contributed by atoms with E-state index in [1.54, 1.807) is 24.3 Å². The standard InChI is InChI=1S/C18H17FN4O4/c1-21-16-14(18(25)27-19)17(26-13-6-5-12(24)8-13)23-15(22-16)11-4-2-3-10(7-11)9-20/h2-4,7,12-13,24H,5-6,8H2,1H3,(H,21,22,23). The molecular formula is C18H17FN4O4. The Morgan fingerprint density at radius 3 is 2.85 bits per heavy atom. The van der Waals surface area contributed by atoms with Gasteiger partial charge >= 0.3 is 5.97 Å². The van der Waals surface area contributed by atoms with Crippen LogP contribution in [-0.4, -0.2) is 40.3 Å². The second-order valence-corrected chi connectivity index (χ2v) is 6.09. The van der Waals surface area contributed by atoms with E-state index in [0.29, 0.717) is 30.4 Å². The highest BCUT2D eigenvalue weighted by molar-refractivity contribution is 5.97. The molecule has 0 bridgehead atoms. The molecule has 2 unspecified atom stereocenters. The Kier molecular flexibility index (Phi) is 5.47. The fourth-order valence-corrected chi connectivity index (χ4v) is 2.97. The van der Waals surface area contributed by atoms with Gasteiger partial charge in [0.05, 0.1) is 17.7 Å². The summed E-state index contributed by atoms with van der Waals surface area (Å²) in [4.78, 5) is 23.7. The lowest BCUT2D eigenvalue weighted by molar-refractivity contribution is -0.0791. The average Bonchev–Trinajstić information content (AvgIpc) is 3.11. The molecule has 1 aromatic carbocycles. The first-order valence-electron chi connectivity index (χ1n) is 8.33. The maximum atomic E-state index is 12.6. The summed E-state index contributed by atoms with van der Waals surface area (Å²) in [7, 11) is 1.51. The molecule has 140 valence electrons. The van der Waals surface area contributed by atoms with Crippen LogP contribution in [0, 0.1) is 11.3 Å². The Bertz CT molecular complexity index is 899. The van der Waals surface area contributed by atoms with Gasteiger partial charge in [-0.2, -0.15) is 10.2 Å². The van der Waals surface area contributed by atoms with Crippen molar-refractivity contribution in [3.63, 3.8) is 0 Å². The molecule has 8 nitrogen and oxygen atoms in total. The summed E-state index contributed by atoms with van der Waals surface area (Å²) in [6.07, 6.45) is 0.647. The number of hydrogen-bond donors (Lipinski definition) is 2. The number of aliphatic hydroxyl groups is 1. The van der Waals surface area contributed by atoms with Gasteiger partial charge < -0.3 is 15.2 Å². The molecule has 2 N–H and O–H groups in total. The minimum absolute atomic E-state index is 0.0264. The van der Waals surface area contributed by atoms with Crippen molar-refractivity contribution in [2.75, 3.05) is 12.4 Å². The van der Waals surface area contributed by atoms with Crippen molar-refractivity contribution in [3.05, 3.63) is 35.4 Å². The molecule has 0 amide bonds. The van der Waals surface area contributed by atoms with Crippen molar-refractivity contribution in [1.82, 2.24) is 9.97 Å². The van der Waals surface area contributed by atoms with Gasteiger partial charge in [0.1, 0.15) is 11.9 Å². The molecule has 3 rings (SSSR count). The number of anilines is 1. The van der Waals surface area contributed by atoms with Crippen LogP contribution in [0.3, 0.4) is 0 Å². The van der Waals surface area contributed by atoms with Crippen LogP contribution in [0.1, 0.15) is 35.2 Å². The quantitative estimate of drug-likeness (QED) is 0.821. The van der Waals surface area contributed by atoms with E-state index in [1.165, 1.54) is 7.05 Å². The van der Waals surface area contributed by atoms with E-state index in [4.69, 9.17) is 10.00 Å². The number of hydrogen-bond acceptors (Lipinski definition) is 8. The van der Waals surface area contributed by atoms with Crippen molar-refractivity contribution in [1.29, 1.82) is 5.26 Å². The number of nitriles is 1. The third-order valence-corrected chi connectivity index (χ3v) is 4.27. The van der Waals surface area contributed by atoms with Gasteiger partial charge in [0.2, 0.25) is 5.88 Å². The van der Waals surface area contributed by atoms with Crippen LogP contribution < -0.4 is 10.1 Å². The first-order chi connectivity index (χ1) is 13.0. The van der Waals surface area contributed by atoms with Crippen LogP contribution in [0.4, 0.5) is 10.3 Å². The van der Waals surface area contributed by atoms with E-state index in [1.807, 2.05) is 6.07 Å². The molecule has 0 spiro atoms. The lowest BCUT2D eigenvalue weighted by Crippen LogP contribution is -2.19. The highest BCUT2D eigenvalue weighted by atomic mass is 19.3. The first-order valence-corrected chi connectivity index (χ1v) is 8.33. The molecule has 1 heterocycles. The van der Waals surface area contributed by atoms with E-state index in [-0.39, 0.29) is 29.2 Å². The van der Waals surface area contributed by atoms with E-state index in [9.17, 15) is 14.4 Å². The van der Waals surface area contributed by atoms with Gasteiger partial charge in [-0.15, -0.1) is 0 Å². The Morgan fingerprint density at radius 1 is 1.41 bits per heavy atom. The molecule has 1 aliphatic rings. The van der Waals surface area contributed by atoms with Crippen LogP contribution in [0.15, 0.2) is 24.3 Å². The Hall–Kier alpha value is -3.25. The Morgan fingerprint density at radius 2 is 2.22 bits per heavy atom. The number of aliphatic hydroxyl groups excluding tert-OH is 1. The molecule has 9 heteroatoms. The van der Waals surface area contributed by atoms with E-state index < -0.39 is 12.1 Å². The van der Waals surface area contributed by atoms with Crippen LogP contribution in [0.25, 0.3) is 11.4 Å². The SMILES string of the molecule is CNc1nc(-c2cccc(C#N)c2)nc(OC2CCC(O)C2)c1C(=O)OF. The van der Waals surface area contributed by atoms with Gasteiger partial charge in [-0.25, -0.2) is 14.7 Å². The van der Waals surface area contributed by atoms with E-state index in [2.05, 4.69) is 20.2 Å². The van der Waals surface area contributed by atoms with Crippen LogP contribution >= 0.6 is 0 Å². The van der Waals surface area contributed by atoms with Crippen molar-refractivity contribution < 1.29 is 24.1 Å². The monoisotopic (exact) mass is 372 g/mol. The zero-order valence-corrected chi connectivity index (χ0v) is 14.5. The predicted molar refractivity (Wildman–Crippen MR) is 92.5 cm³/mol. The highest BCUT2D eigenvalue weighted by Gasteiger charge is 2.30. The van der Waals surface area contributed by atoms with Crippen molar-refractivity contribution >= 4 is 11.8 Å². The third-order valence-electron chi connectivity index (χ3n) is 4.27. The van der Waals surface area contributed by atoms with Crippen molar-refractivity contribution in [3.8, 4) is 23.3 Å². The topological polar surface area (TPSA) is 117 Å². The maximum Gasteiger partial charge on any atom is 0.388 e. The molecule has 0 radical (unpaired) electrons. The Balaban J connectivity index is 2.09. The molecule has 1 aliphatic carbocycles. The largest absolute Gasteiger partial charge is 0.473 e. The molecule has 1 fully saturated rings. The van der Waals surface area contributed by atoms with Gasteiger partial charge in [0, 0.05) is 23.6 Å². The minimum atomic E-state index is -1.29. The molecule has 2 atom stereocenters. The van der Waals surface area contributed by atoms with Gasteiger partial charge in [0.15, 0.2) is 11.4 Å². The fraction of sp³-hybridized carbons (Fsp3) is 0.333. The number of rotatable bonds is 5. The van der Waals surface area contributed by atoms with Gasteiger partial charge in [-0.1, -0.05) is 12.1 Å². The van der Waals surface area contributed by atoms with Crippen molar-refractivity contribution in [2.45, 2.75) is 31.5 Å². The zero-order chi connectivity index (χ0) is 19.4. The molecule has 2 aromatic rings. The van der Waals surface area contributed by atoms with Gasteiger partial charge in [-0.3, -0.25) is 0 Å². The highest BCUT2D eigenvalue weighted by Crippen LogP contribution is 2.32.